The SMILES string of the molecule is Cc1nn(-c2ccnc(CNC3CC3)c2)c(C)c1Br. The van der Waals surface area contributed by atoms with Crippen molar-refractivity contribution in [2.45, 2.75) is 39.3 Å². The van der Waals surface area contributed by atoms with Gasteiger partial charge in [0, 0.05) is 18.8 Å². The molecule has 2 heterocycles. The van der Waals surface area contributed by atoms with Crippen LogP contribution in [0.3, 0.4) is 0 Å². The largest absolute Gasteiger partial charge is 0.308 e. The van der Waals surface area contributed by atoms with E-state index in [9.17, 15) is 0 Å². The summed E-state index contributed by atoms with van der Waals surface area (Å²) in [7, 11) is 0. The molecular formula is C14H17BrN4. The van der Waals surface area contributed by atoms with Crippen molar-refractivity contribution in [3.05, 3.63) is 39.9 Å². The molecule has 0 amide bonds. The molecule has 1 fully saturated rings. The number of hydrogen-bond acceptors (Lipinski definition) is 3. The molecule has 4 nitrogen and oxygen atoms in total. The first-order valence-electron chi connectivity index (χ1n) is 6.55. The fourth-order valence-corrected chi connectivity index (χ4v) is 2.35. The zero-order chi connectivity index (χ0) is 13.4. The molecule has 0 unspecified atom stereocenters. The number of halogens is 1. The van der Waals surface area contributed by atoms with Gasteiger partial charge in [-0.3, -0.25) is 4.98 Å². The molecule has 0 spiro atoms. The van der Waals surface area contributed by atoms with Gasteiger partial charge in [0.15, 0.2) is 0 Å². The third-order valence-electron chi connectivity index (χ3n) is 3.40. The topological polar surface area (TPSA) is 42.7 Å². The van der Waals surface area contributed by atoms with Gasteiger partial charge >= 0.3 is 0 Å². The standard InChI is InChI=1S/C14H17BrN4/c1-9-14(15)10(2)19(18-9)13-5-6-16-12(7-13)8-17-11-3-4-11/h5-7,11,17H,3-4,8H2,1-2H3. The summed E-state index contributed by atoms with van der Waals surface area (Å²) in [4.78, 5) is 4.41. The molecule has 3 rings (SSSR count). The van der Waals surface area contributed by atoms with Crippen molar-refractivity contribution in [1.82, 2.24) is 20.1 Å². The molecule has 19 heavy (non-hydrogen) atoms. The first-order chi connectivity index (χ1) is 9.15. The van der Waals surface area contributed by atoms with Crippen LogP contribution in [-0.2, 0) is 6.54 Å². The van der Waals surface area contributed by atoms with Crippen molar-refractivity contribution >= 4 is 15.9 Å². The zero-order valence-electron chi connectivity index (χ0n) is 11.2. The predicted molar refractivity (Wildman–Crippen MR) is 78.4 cm³/mol. The quantitative estimate of drug-likeness (QED) is 0.941. The number of nitrogens with one attached hydrogen (secondary N) is 1. The lowest BCUT2D eigenvalue weighted by molar-refractivity contribution is 0.673. The maximum atomic E-state index is 4.55. The first kappa shape index (κ1) is 12.8. The van der Waals surface area contributed by atoms with E-state index in [1.54, 1.807) is 0 Å². The molecule has 2 aromatic heterocycles. The van der Waals surface area contributed by atoms with Crippen LogP contribution in [0.1, 0.15) is 29.9 Å². The van der Waals surface area contributed by atoms with E-state index >= 15 is 0 Å². The van der Waals surface area contributed by atoms with Crippen LogP contribution in [0.4, 0.5) is 0 Å². The number of aryl methyl sites for hydroxylation is 1. The molecule has 1 N–H and O–H groups in total. The van der Waals surface area contributed by atoms with Crippen molar-refractivity contribution in [1.29, 1.82) is 0 Å². The van der Waals surface area contributed by atoms with Gasteiger partial charge in [0.25, 0.3) is 0 Å². The van der Waals surface area contributed by atoms with Crippen LogP contribution < -0.4 is 5.32 Å². The van der Waals surface area contributed by atoms with Gasteiger partial charge in [-0.1, -0.05) is 0 Å². The van der Waals surface area contributed by atoms with E-state index in [0.29, 0.717) is 6.04 Å². The van der Waals surface area contributed by atoms with Crippen molar-refractivity contribution in [3.63, 3.8) is 0 Å². The zero-order valence-corrected chi connectivity index (χ0v) is 12.7. The minimum atomic E-state index is 0.702. The Morgan fingerprint density at radius 2 is 2.21 bits per heavy atom. The number of nitrogens with zero attached hydrogens (tertiary/aromatic N) is 3. The lowest BCUT2D eigenvalue weighted by atomic mass is 10.3. The van der Waals surface area contributed by atoms with E-state index in [-0.39, 0.29) is 0 Å². The van der Waals surface area contributed by atoms with Gasteiger partial charge in [-0.15, -0.1) is 0 Å². The normalized spacial score (nSPS) is 14.9. The third-order valence-corrected chi connectivity index (χ3v) is 4.54. The average molecular weight is 321 g/mol. The summed E-state index contributed by atoms with van der Waals surface area (Å²) in [6.45, 7) is 4.90. The smallest absolute Gasteiger partial charge is 0.0743 e. The van der Waals surface area contributed by atoms with Gasteiger partial charge in [0.05, 0.1) is 27.2 Å². The maximum absolute atomic E-state index is 4.55. The highest BCUT2D eigenvalue weighted by atomic mass is 79.9. The molecule has 0 aromatic carbocycles. The molecule has 1 aliphatic rings. The van der Waals surface area contributed by atoms with E-state index in [4.69, 9.17) is 0 Å². The highest BCUT2D eigenvalue weighted by molar-refractivity contribution is 9.10. The van der Waals surface area contributed by atoms with Crippen molar-refractivity contribution < 1.29 is 0 Å². The molecule has 1 aliphatic carbocycles. The lowest BCUT2D eigenvalue weighted by Crippen LogP contribution is -2.16. The maximum Gasteiger partial charge on any atom is 0.0743 e. The Bertz CT molecular complexity index is 601. The first-order valence-corrected chi connectivity index (χ1v) is 7.35. The summed E-state index contributed by atoms with van der Waals surface area (Å²) in [6.07, 6.45) is 4.44. The number of pyridine rings is 1. The third kappa shape index (κ3) is 2.72. The van der Waals surface area contributed by atoms with Crippen LogP contribution in [0.5, 0.6) is 0 Å². The van der Waals surface area contributed by atoms with Gasteiger partial charge in [-0.2, -0.15) is 5.10 Å². The van der Waals surface area contributed by atoms with E-state index in [2.05, 4.69) is 44.3 Å². The van der Waals surface area contributed by atoms with E-state index in [1.165, 1.54) is 12.8 Å². The Hall–Kier alpha value is -1.20. The van der Waals surface area contributed by atoms with Crippen LogP contribution in [0.2, 0.25) is 0 Å². The molecule has 0 saturated heterocycles. The highest BCUT2D eigenvalue weighted by Gasteiger charge is 2.20. The molecule has 100 valence electrons. The summed E-state index contributed by atoms with van der Waals surface area (Å²) in [5, 5.41) is 8.03. The summed E-state index contributed by atoms with van der Waals surface area (Å²) in [5.41, 5.74) is 4.25. The Morgan fingerprint density at radius 1 is 1.42 bits per heavy atom. The van der Waals surface area contributed by atoms with Gasteiger partial charge in [0.1, 0.15) is 0 Å². The Labute approximate surface area is 121 Å². The fraction of sp³-hybridized carbons (Fsp3) is 0.429. The Kier molecular flexibility index (Phi) is 3.41. The van der Waals surface area contributed by atoms with Crippen LogP contribution in [0, 0.1) is 13.8 Å². The summed E-state index contributed by atoms with van der Waals surface area (Å²) >= 11 is 3.56. The molecular weight excluding hydrogens is 304 g/mol. The molecule has 0 atom stereocenters. The second kappa shape index (κ2) is 5.06. The van der Waals surface area contributed by atoms with Gasteiger partial charge in [-0.25, -0.2) is 4.68 Å². The fourth-order valence-electron chi connectivity index (χ4n) is 2.11. The van der Waals surface area contributed by atoms with Gasteiger partial charge < -0.3 is 5.32 Å². The Balaban J connectivity index is 1.86. The van der Waals surface area contributed by atoms with Gasteiger partial charge in [0.2, 0.25) is 0 Å². The van der Waals surface area contributed by atoms with Crippen LogP contribution in [-0.4, -0.2) is 20.8 Å². The minimum Gasteiger partial charge on any atom is -0.308 e. The molecule has 5 heteroatoms. The van der Waals surface area contributed by atoms with E-state index in [0.717, 1.165) is 33.8 Å². The molecule has 2 aromatic rings. The molecule has 0 radical (unpaired) electrons. The van der Waals surface area contributed by atoms with E-state index in [1.807, 2.05) is 23.9 Å². The number of rotatable bonds is 4. The number of aromatic nitrogens is 3. The summed E-state index contributed by atoms with van der Waals surface area (Å²) in [6, 6.07) is 4.79. The molecule has 0 bridgehead atoms. The average Bonchev–Trinajstić information content (AvgIpc) is 3.21. The number of hydrogen-bond donors (Lipinski definition) is 1. The molecule has 0 aliphatic heterocycles. The summed E-state index contributed by atoms with van der Waals surface area (Å²) in [5.74, 6) is 0. The molecule has 1 saturated carbocycles. The van der Waals surface area contributed by atoms with Crippen molar-refractivity contribution in [2.75, 3.05) is 0 Å². The summed E-state index contributed by atoms with van der Waals surface area (Å²) < 4.78 is 3.03. The predicted octanol–water partition coefficient (Wildman–Crippen LogP) is 2.90. The highest BCUT2D eigenvalue weighted by Crippen LogP contribution is 2.23. The van der Waals surface area contributed by atoms with Crippen LogP contribution in [0.25, 0.3) is 5.69 Å². The van der Waals surface area contributed by atoms with Crippen molar-refractivity contribution in [2.24, 2.45) is 0 Å². The van der Waals surface area contributed by atoms with Crippen molar-refractivity contribution in [3.8, 4) is 5.69 Å². The second-order valence-electron chi connectivity index (χ2n) is 5.06. The minimum absolute atomic E-state index is 0.702. The van der Waals surface area contributed by atoms with E-state index < -0.39 is 0 Å². The monoisotopic (exact) mass is 320 g/mol. The lowest BCUT2D eigenvalue weighted by Gasteiger charge is -2.07. The van der Waals surface area contributed by atoms with Crippen LogP contribution in [0.15, 0.2) is 22.8 Å². The van der Waals surface area contributed by atoms with Crippen LogP contribution >= 0.6 is 15.9 Å². The Morgan fingerprint density at radius 3 is 2.84 bits per heavy atom. The van der Waals surface area contributed by atoms with Gasteiger partial charge in [-0.05, 0) is 54.8 Å². The second-order valence-corrected chi connectivity index (χ2v) is 5.85.